The van der Waals surface area contributed by atoms with Crippen LogP contribution in [0, 0.1) is 31.8 Å². The molecule has 0 saturated heterocycles. The Morgan fingerprint density at radius 1 is 0.446 bits per heavy atom. The molecule has 262 valence electrons. The van der Waals surface area contributed by atoms with Crippen LogP contribution in [0.2, 0.25) is 0 Å². The zero-order valence-electron chi connectivity index (χ0n) is 31.0. The van der Waals surface area contributed by atoms with Crippen molar-refractivity contribution in [2.24, 2.45) is 0 Å². The van der Waals surface area contributed by atoms with E-state index in [9.17, 15) is 5.26 Å². The summed E-state index contributed by atoms with van der Waals surface area (Å²) < 4.78 is 4.72. The third-order valence-corrected chi connectivity index (χ3v) is 11.3. The van der Waals surface area contributed by atoms with Gasteiger partial charge in [0.2, 0.25) is 0 Å². The van der Waals surface area contributed by atoms with E-state index in [0.29, 0.717) is 11.3 Å². The Balaban J connectivity index is 1.37. The molecule has 10 rings (SSSR count). The number of rotatable bonds is 5. The Kier molecular flexibility index (Phi) is 7.66. The van der Waals surface area contributed by atoms with Crippen LogP contribution in [0.5, 0.6) is 0 Å². The molecule has 0 aliphatic carbocycles. The lowest BCUT2D eigenvalue weighted by molar-refractivity contribution is 1.10. The van der Waals surface area contributed by atoms with Gasteiger partial charge in [-0.1, -0.05) is 121 Å². The van der Waals surface area contributed by atoms with E-state index in [1.807, 2.05) is 18.2 Å². The highest BCUT2D eigenvalue weighted by molar-refractivity contribution is 6.13. The quantitative estimate of drug-likeness (QED) is 0.164. The maximum Gasteiger partial charge on any atom is 0.197 e. The molecule has 0 radical (unpaired) electrons. The Labute approximate surface area is 325 Å². The van der Waals surface area contributed by atoms with Gasteiger partial charge in [-0.3, -0.25) is 0 Å². The van der Waals surface area contributed by atoms with Crippen LogP contribution in [0.1, 0.15) is 16.7 Å². The van der Waals surface area contributed by atoms with Crippen molar-refractivity contribution in [3.8, 4) is 50.8 Å². The van der Waals surface area contributed by atoms with Crippen LogP contribution in [0.3, 0.4) is 0 Å². The van der Waals surface area contributed by atoms with Gasteiger partial charge in [0.15, 0.2) is 5.69 Å². The molecular formula is C52H34N4. The van der Waals surface area contributed by atoms with E-state index in [0.717, 1.165) is 77.2 Å². The van der Waals surface area contributed by atoms with Gasteiger partial charge < -0.3 is 9.13 Å². The molecule has 0 saturated carbocycles. The van der Waals surface area contributed by atoms with Crippen LogP contribution in [0.25, 0.3) is 93.2 Å². The first-order chi connectivity index (χ1) is 27.5. The second-order valence-electron chi connectivity index (χ2n) is 14.5. The number of benzene rings is 8. The van der Waals surface area contributed by atoms with Gasteiger partial charge in [0.1, 0.15) is 0 Å². The van der Waals surface area contributed by atoms with Gasteiger partial charge in [0.25, 0.3) is 0 Å². The van der Waals surface area contributed by atoms with Crippen molar-refractivity contribution in [1.82, 2.24) is 9.13 Å². The van der Waals surface area contributed by atoms with Gasteiger partial charge in [-0.15, -0.1) is 0 Å². The summed E-state index contributed by atoms with van der Waals surface area (Å²) in [7, 11) is 0. The lowest BCUT2D eigenvalue weighted by atomic mass is 9.98. The molecule has 10 aromatic rings. The average molecular weight is 715 g/mol. The number of fused-ring (bicyclic) bond motifs is 6. The van der Waals surface area contributed by atoms with Gasteiger partial charge in [0.05, 0.1) is 51.6 Å². The molecule has 56 heavy (non-hydrogen) atoms. The van der Waals surface area contributed by atoms with Crippen LogP contribution in [0.4, 0.5) is 5.69 Å². The molecule has 0 spiro atoms. The normalized spacial score (nSPS) is 11.4. The number of hydrogen-bond acceptors (Lipinski definition) is 1. The molecule has 2 heterocycles. The number of aromatic nitrogens is 2. The first-order valence-corrected chi connectivity index (χ1v) is 18.8. The Hall–Kier alpha value is -7.66. The molecule has 0 atom stereocenters. The highest BCUT2D eigenvalue weighted by Gasteiger charge is 2.23. The molecule has 4 nitrogen and oxygen atoms in total. The van der Waals surface area contributed by atoms with E-state index in [-0.39, 0.29) is 0 Å². The van der Waals surface area contributed by atoms with Crippen molar-refractivity contribution in [3.63, 3.8) is 0 Å². The second kappa shape index (κ2) is 13.0. The van der Waals surface area contributed by atoms with Crippen molar-refractivity contribution in [3.05, 3.63) is 198 Å². The summed E-state index contributed by atoms with van der Waals surface area (Å²) in [5.74, 6) is 0. The van der Waals surface area contributed by atoms with Crippen LogP contribution in [-0.4, -0.2) is 9.13 Å². The molecule has 0 aliphatic heterocycles. The summed E-state index contributed by atoms with van der Waals surface area (Å²) in [6, 6.07) is 61.8. The zero-order valence-corrected chi connectivity index (χ0v) is 31.0. The van der Waals surface area contributed by atoms with Crippen molar-refractivity contribution < 1.29 is 0 Å². The average Bonchev–Trinajstić information content (AvgIpc) is 3.75. The summed E-state index contributed by atoms with van der Waals surface area (Å²) in [4.78, 5) is 4.16. The molecule has 0 unspecified atom stereocenters. The lowest BCUT2D eigenvalue weighted by Crippen LogP contribution is -2.04. The van der Waals surface area contributed by atoms with Gasteiger partial charge in [-0.05, 0) is 107 Å². The van der Waals surface area contributed by atoms with Crippen molar-refractivity contribution >= 4 is 49.3 Å². The van der Waals surface area contributed by atoms with Crippen LogP contribution in [-0.2, 0) is 0 Å². The minimum Gasteiger partial charge on any atom is -0.308 e. The summed E-state index contributed by atoms with van der Waals surface area (Å²) in [5.41, 5.74) is 15.8. The minimum atomic E-state index is 0.515. The fourth-order valence-electron chi connectivity index (χ4n) is 8.59. The van der Waals surface area contributed by atoms with Gasteiger partial charge >= 0.3 is 0 Å². The van der Waals surface area contributed by atoms with Crippen molar-refractivity contribution in [2.75, 3.05) is 0 Å². The highest BCUT2D eigenvalue weighted by atomic mass is 15.1. The number of hydrogen-bond donors (Lipinski definition) is 0. The van der Waals surface area contributed by atoms with E-state index in [4.69, 9.17) is 6.57 Å². The molecule has 0 bridgehead atoms. The predicted octanol–water partition coefficient (Wildman–Crippen LogP) is 13.9. The lowest BCUT2D eigenvalue weighted by Gasteiger charge is -2.20. The van der Waals surface area contributed by atoms with Crippen molar-refractivity contribution in [2.45, 2.75) is 13.8 Å². The summed E-state index contributed by atoms with van der Waals surface area (Å²) in [6.45, 7) is 12.9. The summed E-state index contributed by atoms with van der Waals surface area (Å²) in [6.07, 6.45) is 0. The van der Waals surface area contributed by atoms with E-state index >= 15 is 0 Å². The number of nitriles is 1. The topological polar surface area (TPSA) is 38.0 Å². The molecule has 0 amide bonds. The number of nitrogens with zero attached hydrogens (tertiary/aromatic N) is 4. The molecule has 2 aromatic heterocycles. The minimum absolute atomic E-state index is 0.515. The van der Waals surface area contributed by atoms with Crippen molar-refractivity contribution in [1.29, 1.82) is 5.26 Å². The first kappa shape index (κ1) is 32.9. The second-order valence-corrected chi connectivity index (χ2v) is 14.5. The van der Waals surface area contributed by atoms with E-state index in [1.165, 1.54) is 22.3 Å². The van der Waals surface area contributed by atoms with E-state index in [2.05, 4.69) is 179 Å². The van der Waals surface area contributed by atoms with Crippen LogP contribution in [0.15, 0.2) is 170 Å². The van der Waals surface area contributed by atoms with E-state index < -0.39 is 0 Å². The van der Waals surface area contributed by atoms with Crippen LogP contribution >= 0.6 is 0 Å². The molecule has 0 fully saturated rings. The van der Waals surface area contributed by atoms with Gasteiger partial charge in [0, 0.05) is 21.5 Å². The molecule has 0 aliphatic rings. The monoisotopic (exact) mass is 714 g/mol. The molecule has 8 aromatic carbocycles. The smallest absolute Gasteiger partial charge is 0.197 e. The Morgan fingerprint density at radius 3 is 1.46 bits per heavy atom. The standard InChI is InChI=1S/C52H34N4/c1-33-13-4-6-17-39(33)37-23-25-43-41-19-8-10-21-47(41)55(49(43)28-37)51-30-45(36-16-12-15-35(27-36)32-53)46(54-3)31-52(51)56-48-22-11-9-20-42(48)44-26-24-38(29-50(44)56)40-18-7-5-14-34(40)2/h4-31H,1-2H3. The van der Waals surface area contributed by atoms with Gasteiger partial charge in [-0.2, -0.15) is 5.26 Å². The molecular weight excluding hydrogens is 681 g/mol. The van der Waals surface area contributed by atoms with Crippen LogP contribution < -0.4 is 0 Å². The molecule has 0 N–H and O–H groups in total. The fraction of sp³-hybridized carbons (Fsp3) is 0.0385. The van der Waals surface area contributed by atoms with E-state index in [1.54, 1.807) is 6.07 Å². The first-order valence-electron chi connectivity index (χ1n) is 18.8. The Bertz CT molecular complexity index is 3310. The Morgan fingerprint density at radius 2 is 0.929 bits per heavy atom. The number of aryl methyl sites for hydroxylation is 2. The number of para-hydroxylation sites is 2. The third kappa shape index (κ3) is 5.12. The largest absolute Gasteiger partial charge is 0.308 e. The highest BCUT2D eigenvalue weighted by Crippen LogP contribution is 2.44. The zero-order chi connectivity index (χ0) is 37.9. The predicted molar refractivity (Wildman–Crippen MR) is 232 cm³/mol. The van der Waals surface area contributed by atoms with Gasteiger partial charge in [-0.25, -0.2) is 4.85 Å². The SMILES string of the molecule is [C-]#[N+]c1cc(-n2c3ccccc3c3ccc(-c4ccccc4C)cc32)c(-n2c3ccccc3c3ccc(-c4ccccc4C)cc32)cc1-c1cccc(C#N)c1. The fourth-order valence-corrected chi connectivity index (χ4v) is 8.59. The maximum absolute atomic E-state index is 9.89. The summed E-state index contributed by atoms with van der Waals surface area (Å²) >= 11 is 0. The summed E-state index contributed by atoms with van der Waals surface area (Å²) in [5, 5.41) is 14.5. The maximum atomic E-state index is 9.89. The third-order valence-electron chi connectivity index (χ3n) is 11.3. The molecule has 4 heteroatoms.